The summed E-state index contributed by atoms with van der Waals surface area (Å²) in [5.41, 5.74) is 0.389. The number of halogens is 3. The van der Waals surface area contributed by atoms with Crippen molar-refractivity contribution in [2.24, 2.45) is 5.41 Å². The Balaban J connectivity index is 2.12. The first kappa shape index (κ1) is 13.3. The molecule has 5 heteroatoms. The van der Waals surface area contributed by atoms with Gasteiger partial charge in [0.25, 0.3) is 0 Å². The third kappa shape index (κ3) is 3.18. The summed E-state index contributed by atoms with van der Waals surface area (Å²) in [6.07, 6.45) is 3.46. The van der Waals surface area contributed by atoms with Crippen LogP contribution in [0.4, 0.5) is 5.82 Å². The molecule has 1 heterocycles. The summed E-state index contributed by atoms with van der Waals surface area (Å²) >= 11 is 17.8. The predicted octanol–water partition coefficient (Wildman–Crippen LogP) is 5.03. The standard InChI is InChI=1S/C12H15Cl3N2/c1-12(2)4-3-7(6-12)16-11-9(14)5-8(13)10(15)17-11/h5,7H,3-4,6H2,1-2H3,(H,16,17). The third-order valence-corrected chi connectivity index (χ3v) is 4.16. The largest absolute Gasteiger partial charge is 0.366 e. The number of nitrogens with zero attached hydrogens (tertiary/aromatic N) is 1. The molecule has 1 aromatic rings. The number of aromatic nitrogens is 1. The van der Waals surface area contributed by atoms with E-state index in [4.69, 9.17) is 34.8 Å². The number of hydrogen-bond donors (Lipinski definition) is 1. The lowest BCUT2D eigenvalue weighted by Crippen LogP contribution is -2.18. The number of rotatable bonds is 2. The number of pyridine rings is 1. The Morgan fingerprint density at radius 1 is 1.29 bits per heavy atom. The van der Waals surface area contributed by atoms with Crippen LogP contribution in [0.2, 0.25) is 15.2 Å². The fraction of sp³-hybridized carbons (Fsp3) is 0.583. The summed E-state index contributed by atoms with van der Waals surface area (Å²) in [4.78, 5) is 4.17. The number of hydrogen-bond acceptors (Lipinski definition) is 2. The summed E-state index contributed by atoms with van der Waals surface area (Å²) in [6.45, 7) is 4.55. The molecule has 1 aromatic heterocycles. The van der Waals surface area contributed by atoms with Crippen molar-refractivity contribution >= 4 is 40.6 Å². The minimum absolute atomic E-state index is 0.288. The second-order valence-corrected chi connectivity index (χ2v) is 6.51. The maximum Gasteiger partial charge on any atom is 0.150 e. The summed E-state index contributed by atoms with van der Waals surface area (Å²) in [7, 11) is 0. The van der Waals surface area contributed by atoms with Gasteiger partial charge in [-0.05, 0) is 30.7 Å². The van der Waals surface area contributed by atoms with Gasteiger partial charge in [0, 0.05) is 6.04 Å². The van der Waals surface area contributed by atoms with Crippen LogP contribution in [0.3, 0.4) is 0 Å². The summed E-state index contributed by atoms with van der Waals surface area (Å²) in [5, 5.41) is 4.54. The van der Waals surface area contributed by atoms with E-state index in [0.717, 1.165) is 12.8 Å². The van der Waals surface area contributed by atoms with Crippen LogP contribution < -0.4 is 5.32 Å². The van der Waals surface area contributed by atoms with Gasteiger partial charge in [0.1, 0.15) is 11.0 Å². The molecule has 1 unspecified atom stereocenters. The Labute approximate surface area is 117 Å². The third-order valence-electron chi connectivity index (χ3n) is 3.20. The van der Waals surface area contributed by atoms with E-state index in [1.165, 1.54) is 6.42 Å². The van der Waals surface area contributed by atoms with Crippen LogP contribution in [0.1, 0.15) is 33.1 Å². The molecule has 0 bridgehead atoms. The molecule has 1 atom stereocenters. The van der Waals surface area contributed by atoms with Crippen molar-refractivity contribution in [3.63, 3.8) is 0 Å². The molecular formula is C12H15Cl3N2. The SMILES string of the molecule is CC1(C)CCC(Nc2nc(Cl)c(Cl)cc2Cl)C1. The van der Waals surface area contributed by atoms with E-state index in [2.05, 4.69) is 24.1 Å². The van der Waals surface area contributed by atoms with E-state index in [1.807, 2.05) is 0 Å². The van der Waals surface area contributed by atoms with Crippen molar-refractivity contribution in [2.75, 3.05) is 5.32 Å². The molecule has 0 spiro atoms. The van der Waals surface area contributed by atoms with Crippen molar-refractivity contribution in [1.82, 2.24) is 4.98 Å². The Bertz CT molecular complexity index is 432. The molecule has 2 rings (SSSR count). The van der Waals surface area contributed by atoms with Crippen LogP contribution in [0.15, 0.2) is 6.07 Å². The fourth-order valence-electron chi connectivity index (χ4n) is 2.30. The van der Waals surface area contributed by atoms with Gasteiger partial charge in [-0.1, -0.05) is 48.7 Å². The average Bonchev–Trinajstić information content (AvgIpc) is 2.54. The van der Waals surface area contributed by atoms with E-state index in [1.54, 1.807) is 6.07 Å². The molecular weight excluding hydrogens is 279 g/mol. The van der Waals surface area contributed by atoms with Crippen LogP contribution in [0.5, 0.6) is 0 Å². The molecule has 0 amide bonds. The van der Waals surface area contributed by atoms with Gasteiger partial charge in [-0.15, -0.1) is 0 Å². The van der Waals surface area contributed by atoms with Crippen molar-refractivity contribution < 1.29 is 0 Å². The number of anilines is 1. The minimum atomic E-state index is 0.288. The zero-order valence-electron chi connectivity index (χ0n) is 9.86. The topological polar surface area (TPSA) is 24.9 Å². The normalized spacial score (nSPS) is 22.8. The quantitative estimate of drug-likeness (QED) is 0.773. The van der Waals surface area contributed by atoms with E-state index in [-0.39, 0.29) is 5.15 Å². The second-order valence-electron chi connectivity index (χ2n) is 5.34. The van der Waals surface area contributed by atoms with Crippen LogP contribution in [0, 0.1) is 5.41 Å². The minimum Gasteiger partial charge on any atom is -0.366 e. The highest BCUT2D eigenvalue weighted by Crippen LogP contribution is 2.39. The van der Waals surface area contributed by atoms with Gasteiger partial charge >= 0.3 is 0 Å². The molecule has 2 nitrogen and oxygen atoms in total. The van der Waals surface area contributed by atoms with Crippen LogP contribution >= 0.6 is 34.8 Å². The van der Waals surface area contributed by atoms with Gasteiger partial charge < -0.3 is 5.32 Å². The van der Waals surface area contributed by atoms with Gasteiger partial charge in [-0.25, -0.2) is 4.98 Å². The average molecular weight is 294 g/mol. The molecule has 0 aromatic carbocycles. The summed E-state index contributed by atoms with van der Waals surface area (Å²) in [6, 6.07) is 2.04. The van der Waals surface area contributed by atoms with Crippen molar-refractivity contribution in [3.05, 3.63) is 21.3 Å². The van der Waals surface area contributed by atoms with Crippen molar-refractivity contribution in [2.45, 2.75) is 39.2 Å². The van der Waals surface area contributed by atoms with E-state index in [0.29, 0.717) is 27.3 Å². The molecule has 1 saturated carbocycles. The molecule has 0 saturated heterocycles. The lowest BCUT2D eigenvalue weighted by Gasteiger charge is -2.18. The molecule has 94 valence electrons. The molecule has 17 heavy (non-hydrogen) atoms. The summed E-state index contributed by atoms with van der Waals surface area (Å²) in [5.74, 6) is 0.628. The Morgan fingerprint density at radius 3 is 2.59 bits per heavy atom. The lowest BCUT2D eigenvalue weighted by atomic mass is 9.92. The van der Waals surface area contributed by atoms with Crippen molar-refractivity contribution in [1.29, 1.82) is 0 Å². The van der Waals surface area contributed by atoms with Gasteiger partial charge in [0.05, 0.1) is 10.0 Å². The van der Waals surface area contributed by atoms with Gasteiger partial charge in [0.15, 0.2) is 0 Å². The molecule has 0 aliphatic heterocycles. The Hall–Kier alpha value is -0.180. The monoisotopic (exact) mass is 292 g/mol. The highest BCUT2D eigenvalue weighted by Gasteiger charge is 2.31. The smallest absolute Gasteiger partial charge is 0.150 e. The van der Waals surface area contributed by atoms with Crippen LogP contribution in [0.25, 0.3) is 0 Å². The molecule has 1 fully saturated rings. The fourth-order valence-corrected chi connectivity index (χ4v) is 2.85. The molecule has 0 radical (unpaired) electrons. The van der Waals surface area contributed by atoms with Gasteiger partial charge in [-0.3, -0.25) is 0 Å². The first-order valence-corrected chi connectivity index (χ1v) is 6.79. The van der Waals surface area contributed by atoms with Crippen LogP contribution in [-0.4, -0.2) is 11.0 Å². The van der Waals surface area contributed by atoms with Gasteiger partial charge in [-0.2, -0.15) is 0 Å². The molecule has 1 aliphatic carbocycles. The Kier molecular flexibility index (Phi) is 3.77. The maximum atomic E-state index is 6.08. The molecule has 1 N–H and O–H groups in total. The highest BCUT2D eigenvalue weighted by atomic mass is 35.5. The lowest BCUT2D eigenvalue weighted by molar-refractivity contribution is 0.378. The van der Waals surface area contributed by atoms with E-state index < -0.39 is 0 Å². The van der Waals surface area contributed by atoms with E-state index >= 15 is 0 Å². The second kappa shape index (κ2) is 4.83. The Morgan fingerprint density at radius 2 is 2.00 bits per heavy atom. The van der Waals surface area contributed by atoms with Gasteiger partial charge in [0.2, 0.25) is 0 Å². The summed E-state index contributed by atoms with van der Waals surface area (Å²) < 4.78 is 0. The van der Waals surface area contributed by atoms with Crippen molar-refractivity contribution in [3.8, 4) is 0 Å². The first-order chi connectivity index (χ1) is 7.87. The number of nitrogens with one attached hydrogen (secondary N) is 1. The highest BCUT2D eigenvalue weighted by molar-refractivity contribution is 6.42. The zero-order valence-corrected chi connectivity index (χ0v) is 12.1. The predicted molar refractivity (Wildman–Crippen MR) is 74.3 cm³/mol. The molecule has 1 aliphatic rings. The van der Waals surface area contributed by atoms with Crippen LogP contribution in [-0.2, 0) is 0 Å². The maximum absolute atomic E-state index is 6.08. The van der Waals surface area contributed by atoms with E-state index in [9.17, 15) is 0 Å². The zero-order chi connectivity index (χ0) is 12.6. The first-order valence-electron chi connectivity index (χ1n) is 5.65.